The first-order chi connectivity index (χ1) is 7.20. The van der Waals surface area contributed by atoms with E-state index in [4.69, 9.17) is 4.74 Å². The van der Waals surface area contributed by atoms with Gasteiger partial charge in [-0.2, -0.15) is 0 Å². The number of thioether (sulfide) groups is 1. The minimum absolute atomic E-state index is 0.0417. The maximum atomic E-state index is 11.4. The van der Waals surface area contributed by atoms with Crippen LogP contribution in [-0.4, -0.2) is 26.9 Å². The van der Waals surface area contributed by atoms with Crippen LogP contribution < -0.4 is 0 Å². The van der Waals surface area contributed by atoms with E-state index >= 15 is 0 Å². The number of ether oxygens (including phenoxy) is 1. The highest BCUT2D eigenvalue weighted by Gasteiger charge is 2.33. The fraction of sp³-hybridized carbons (Fsp3) is 0.600. The summed E-state index contributed by atoms with van der Waals surface area (Å²) >= 11 is 1.50. The summed E-state index contributed by atoms with van der Waals surface area (Å²) in [5, 5.41) is 0.807. The van der Waals surface area contributed by atoms with Gasteiger partial charge >= 0.3 is 5.97 Å². The standard InChI is InChI=1S/C10H14N2O2S/c1-3-12-5-4-11-10(12)15-8-6-7(2)14-9(8)13/h4-5,7-8H,3,6H2,1-2H3/t7-,8-/m1/s1. The van der Waals surface area contributed by atoms with Gasteiger partial charge in [0.2, 0.25) is 0 Å². The topological polar surface area (TPSA) is 44.1 Å². The Morgan fingerprint density at radius 1 is 1.73 bits per heavy atom. The van der Waals surface area contributed by atoms with Gasteiger partial charge in [0.15, 0.2) is 5.16 Å². The number of imidazole rings is 1. The van der Waals surface area contributed by atoms with E-state index in [1.165, 1.54) is 11.8 Å². The quantitative estimate of drug-likeness (QED) is 0.736. The van der Waals surface area contributed by atoms with Crippen LogP contribution in [0.4, 0.5) is 0 Å². The van der Waals surface area contributed by atoms with E-state index in [0.29, 0.717) is 0 Å². The Kier molecular flexibility index (Phi) is 3.00. The average molecular weight is 226 g/mol. The molecule has 0 N–H and O–H groups in total. The Labute approximate surface area is 93.0 Å². The van der Waals surface area contributed by atoms with Crippen LogP contribution in [0.15, 0.2) is 17.6 Å². The molecule has 0 unspecified atom stereocenters. The molecule has 5 heteroatoms. The van der Waals surface area contributed by atoms with Crippen molar-refractivity contribution >= 4 is 17.7 Å². The van der Waals surface area contributed by atoms with Crippen molar-refractivity contribution < 1.29 is 9.53 Å². The van der Waals surface area contributed by atoms with Crippen LogP contribution in [0.25, 0.3) is 0 Å². The lowest BCUT2D eigenvalue weighted by molar-refractivity contribution is -0.140. The Balaban J connectivity index is 2.06. The number of carbonyl (C=O) groups excluding carboxylic acids is 1. The third-order valence-corrected chi connectivity index (χ3v) is 3.61. The van der Waals surface area contributed by atoms with Gasteiger partial charge in [0.05, 0.1) is 0 Å². The zero-order valence-corrected chi connectivity index (χ0v) is 9.66. The molecule has 1 saturated heterocycles. The number of carbonyl (C=O) groups is 1. The predicted octanol–water partition coefficient (Wildman–Crippen LogP) is 1.70. The maximum Gasteiger partial charge on any atom is 0.319 e. The van der Waals surface area contributed by atoms with Gasteiger partial charge in [0, 0.05) is 25.4 Å². The summed E-state index contributed by atoms with van der Waals surface area (Å²) < 4.78 is 7.13. The van der Waals surface area contributed by atoms with Crippen molar-refractivity contribution in [3.8, 4) is 0 Å². The smallest absolute Gasteiger partial charge is 0.319 e. The molecule has 1 aromatic rings. The molecule has 0 aromatic carbocycles. The first-order valence-corrected chi connectivity index (χ1v) is 5.97. The number of nitrogens with zero attached hydrogens (tertiary/aromatic N) is 2. The lowest BCUT2D eigenvalue weighted by atomic mass is 10.3. The van der Waals surface area contributed by atoms with Gasteiger partial charge in [-0.05, 0) is 13.8 Å². The molecule has 4 nitrogen and oxygen atoms in total. The number of aryl methyl sites for hydroxylation is 1. The molecule has 0 saturated carbocycles. The lowest BCUT2D eigenvalue weighted by Crippen LogP contribution is -2.11. The first-order valence-electron chi connectivity index (χ1n) is 5.09. The molecule has 1 fully saturated rings. The summed E-state index contributed by atoms with van der Waals surface area (Å²) in [5.74, 6) is -0.113. The molecule has 2 atom stereocenters. The number of rotatable bonds is 3. The summed E-state index contributed by atoms with van der Waals surface area (Å²) in [6.45, 7) is 4.85. The van der Waals surface area contributed by atoms with Crippen LogP contribution in [0.5, 0.6) is 0 Å². The summed E-state index contributed by atoms with van der Waals surface area (Å²) in [6.07, 6.45) is 4.50. The number of hydrogen-bond acceptors (Lipinski definition) is 4. The number of hydrogen-bond donors (Lipinski definition) is 0. The Morgan fingerprint density at radius 3 is 3.13 bits per heavy atom. The van der Waals surface area contributed by atoms with E-state index in [0.717, 1.165) is 18.1 Å². The summed E-state index contributed by atoms with van der Waals surface area (Å²) in [7, 11) is 0. The molecule has 2 rings (SSSR count). The van der Waals surface area contributed by atoms with Crippen molar-refractivity contribution in [1.82, 2.24) is 9.55 Å². The third-order valence-electron chi connectivity index (χ3n) is 2.39. The highest BCUT2D eigenvalue weighted by atomic mass is 32.2. The third kappa shape index (κ3) is 2.17. The molecule has 0 radical (unpaired) electrons. The average Bonchev–Trinajstić information content (AvgIpc) is 2.74. The monoisotopic (exact) mass is 226 g/mol. The van der Waals surface area contributed by atoms with Crippen LogP contribution in [0.2, 0.25) is 0 Å². The van der Waals surface area contributed by atoms with E-state index in [2.05, 4.69) is 11.9 Å². The van der Waals surface area contributed by atoms with Gasteiger partial charge in [-0.3, -0.25) is 4.79 Å². The number of esters is 1. The molecule has 15 heavy (non-hydrogen) atoms. The molecule has 0 bridgehead atoms. The molecule has 0 aliphatic carbocycles. The largest absolute Gasteiger partial charge is 0.462 e. The van der Waals surface area contributed by atoms with E-state index in [-0.39, 0.29) is 17.3 Å². The molecule has 1 aliphatic heterocycles. The van der Waals surface area contributed by atoms with Crippen LogP contribution >= 0.6 is 11.8 Å². The Hall–Kier alpha value is -0.970. The maximum absolute atomic E-state index is 11.4. The van der Waals surface area contributed by atoms with Crippen molar-refractivity contribution in [3.63, 3.8) is 0 Å². The summed E-state index contributed by atoms with van der Waals surface area (Å²) in [4.78, 5) is 15.7. The van der Waals surface area contributed by atoms with Crippen LogP contribution in [-0.2, 0) is 16.1 Å². The fourth-order valence-corrected chi connectivity index (χ4v) is 2.82. The molecule has 0 amide bonds. The Morgan fingerprint density at radius 2 is 2.53 bits per heavy atom. The van der Waals surface area contributed by atoms with Crippen molar-refractivity contribution in [2.24, 2.45) is 0 Å². The second-order valence-corrected chi connectivity index (χ2v) is 4.76. The first kappa shape index (κ1) is 10.5. The van der Waals surface area contributed by atoms with Gasteiger partial charge in [0.1, 0.15) is 11.4 Å². The molecular formula is C10H14N2O2S. The van der Waals surface area contributed by atoms with Crippen molar-refractivity contribution in [2.45, 2.75) is 43.3 Å². The highest BCUT2D eigenvalue weighted by Crippen LogP contribution is 2.30. The van der Waals surface area contributed by atoms with Crippen LogP contribution in [0.1, 0.15) is 20.3 Å². The zero-order valence-electron chi connectivity index (χ0n) is 8.84. The summed E-state index contributed by atoms with van der Waals surface area (Å²) in [5.41, 5.74) is 0. The minimum atomic E-state index is -0.113. The SMILES string of the molecule is CCn1ccnc1S[C@@H]1C[C@@H](C)OC1=O. The highest BCUT2D eigenvalue weighted by molar-refractivity contribution is 8.00. The lowest BCUT2D eigenvalue weighted by Gasteiger charge is -2.06. The van der Waals surface area contributed by atoms with Crippen molar-refractivity contribution in [3.05, 3.63) is 12.4 Å². The predicted molar refractivity (Wildman–Crippen MR) is 57.7 cm³/mol. The van der Waals surface area contributed by atoms with E-state index in [1.54, 1.807) is 6.20 Å². The molecular weight excluding hydrogens is 212 g/mol. The van der Waals surface area contributed by atoms with Crippen molar-refractivity contribution in [2.75, 3.05) is 0 Å². The van der Waals surface area contributed by atoms with Gasteiger partial charge in [-0.15, -0.1) is 0 Å². The molecule has 0 spiro atoms. The van der Waals surface area contributed by atoms with E-state index in [1.807, 2.05) is 17.7 Å². The zero-order chi connectivity index (χ0) is 10.8. The normalized spacial score (nSPS) is 25.6. The minimum Gasteiger partial charge on any atom is -0.462 e. The molecule has 1 aliphatic rings. The number of aromatic nitrogens is 2. The van der Waals surface area contributed by atoms with Crippen LogP contribution in [0.3, 0.4) is 0 Å². The number of cyclic esters (lactones) is 1. The summed E-state index contributed by atoms with van der Waals surface area (Å²) in [6, 6.07) is 0. The van der Waals surface area contributed by atoms with Gasteiger partial charge < -0.3 is 9.30 Å². The molecule has 1 aromatic heterocycles. The van der Waals surface area contributed by atoms with E-state index in [9.17, 15) is 4.79 Å². The van der Waals surface area contributed by atoms with Crippen LogP contribution in [0, 0.1) is 0 Å². The Bertz CT molecular complexity index is 364. The van der Waals surface area contributed by atoms with Crippen molar-refractivity contribution in [1.29, 1.82) is 0 Å². The van der Waals surface area contributed by atoms with Gasteiger partial charge in [-0.25, -0.2) is 4.98 Å². The van der Waals surface area contributed by atoms with Gasteiger partial charge in [0.25, 0.3) is 0 Å². The van der Waals surface area contributed by atoms with E-state index < -0.39 is 0 Å². The second kappa shape index (κ2) is 4.26. The fourth-order valence-electron chi connectivity index (χ4n) is 1.60. The molecule has 2 heterocycles. The second-order valence-electron chi connectivity index (χ2n) is 3.59. The molecule has 82 valence electrons. The van der Waals surface area contributed by atoms with Gasteiger partial charge in [-0.1, -0.05) is 11.8 Å².